The van der Waals surface area contributed by atoms with Crippen LogP contribution in [-0.2, 0) is 6.42 Å². The lowest BCUT2D eigenvalue weighted by atomic mass is 9.99. The Morgan fingerprint density at radius 3 is 2.89 bits per heavy atom. The quantitative estimate of drug-likeness (QED) is 0.643. The third kappa shape index (κ3) is 3.13. The highest BCUT2D eigenvalue weighted by atomic mass is 79.9. The molecule has 2 aromatic rings. The highest BCUT2D eigenvalue weighted by molar-refractivity contribution is 9.10. The lowest BCUT2D eigenvalue weighted by Gasteiger charge is -2.18. The molecule has 0 saturated heterocycles. The predicted octanol–water partition coefficient (Wildman–Crippen LogP) is 4.22. The average molecular weight is 346 g/mol. The van der Waals surface area contributed by atoms with Crippen LogP contribution in [0.2, 0.25) is 5.02 Å². The second-order valence-corrected chi connectivity index (χ2v) is 6.43. The minimum Gasteiger partial charge on any atom is -0.271 e. The van der Waals surface area contributed by atoms with Crippen LogP contribution in [0.15, 0.2) is 34.1 Å². The van der Waals surface area contributed by atoms with Crippen LogP contribution in [0, 0.1) is 6.92 Å². The number of nitrogens with two attached hydrogens (primary N) is 1. The summed E-state index contributed by atoms with van der Waals surface area (Å²) in [6.07, 6.45) is 0.855. The summed E-state index contributed by atoms with van der Waals surface area (Å²) in [5, 5.41) is 2.86. The van der Waals surface area contributed by atoms with Crippen molar-refractivity contribution in [3.8, 4) is 0 Å². The highest BCUT2D eigenvalue weighted by Gasteiger charge is 2.15. The Labute approximate surface area is 124 Å². The Morgan fingerprint density at radius 1 is 1.50 bits per heavy atom. The monoisotopic (exact) mass is 344 g/mol. The fraction of sp³-hybridized carbons (Fsp3) is 0.231. The van der Waals surface area contributed by atoms with Crippen molar-refractivity contribution in [1.82, 2.24) is 5.43 Å². The fourth-order valence-corrected chi connectivity index (χ4v) is 3.60. The Bertz CT molecular complexity index is 542. The summed E-state index contributed by atoms with van der Waals surface area (Å²) in [4.78, 5) is 1.28. The van der Waals surface area contributed by atoms with E-state index in [-0.39, 0.29) is 6.04 Å². The minimum atomic E-state index is 0.0780. The molecule has 0 aliphatic heterocycles. The summed E-state index contributed by atoms with van der Waals surface area (Å²) in [6, 6.07) is 8.12. The van der Waals surface area contributed by atoms with Crippen LogP contribution in [0.4, 0.5) is 0 Å². The molecule has 5 heteroatoms. The van der Waals surface area contributed by atoms with E-state index >= 15 is 0 Å². The van der Waals surface area contributed by atoms with Crippen molar-refractivity contribution in [2.45, 2.75) is 19.4 Å². The molecule has 2 nitrogen and oxygen atoms in total. The first-order chi connectivity index (χ1) is 8.61. The van der Waals surface area contributed by atoms with E-state index in [4.69, 9.17) is 17.4 Å². The van der Waals surface area contributed by atoms with Gasteiger partial charge in [0.05, 0.1) is 6.04 Å². The molecular weight excluding hydrogens is 332 g/mol. The SMILES string of the molecule is Cc1c(Cl)cccc1C(Cc1cc(Br)cs1)NN. The van der Waals surface area contributed by atoms with E-state index in [1.165, 1.54) is 4.88 Å². The van der Waals surface area contributed by atoms with Crippen LogP contribution in [0.25, 0.3) is 0 Å². The molecule has 1 aromatic carbocycles. The topological polar surface area (TPSA) is 38.0 Å². The zero-order chi connectivity index (χ0) is 13.1. The second kappa shape index (κ2) is 6.17. The van der Waals surface area contributed by atoms with Crippen molar-refractivity contribution in [2.24, 2.45) is 5.84 Å². The van der Waals surface area contributed by atoms with Crippen LogP contribution in [0.1, 0.15) is 22.0 Å². The molecule has 0 radical (unpaired) electrons. The van der Waals surface area contributed by atoms with E-state index in [1.54, 1.807) is 11.3 Å². The maximum atomic E-state index is 6.15. The first-order valence-corrected chi connectivity index (χ1v) is 7.61. The van der Waals surface area contributed by atoms with Gasteiger partial charge in [-0.25, -0.2) is 0 Å². The van der Waals surface area contributed by atoms with E-state index in [2.05, 4.69) is 38.9 Å². The molecule has 3 N–H and O–H groups in total. The molecule has 0 spiro atoms. The van der Waals surface area contributed by atoms with Gasteiger partial charge >= 0.3 is 0 Å². The molecule has 0 bridgehead atoms. The number of hydrogen-bond donors (Lipinski definition) is 2. The first kappa shape index (κ1) is 14.0. The number of benzene rings is 1. The minimum absolute atomic E-state index is 0.0780. The summed E-state index contributed by atoms with van der Waals surface area (Å²) in [5.41, 5.74) is 5.11. The molecule has 0 aliphatic carbocycles. The number of halogens is 2. The smallest absolute Gasteiger partial charge is 0.0511 e. The van der Waals surface area contributed by atoms with Gasteiger partial charge in [-0.15, -0.1) is 11.3 Å². The van der Waals surface area contributed by atoms with Crippen molar-refractivity contribution in [3.05, 3.63) is 55.1 Å². The van der Waals surface area contributed by atoms with E-state index in [0.29, 0.717) is 0 Å². The fourth-order valence-electron chi connectivity index (χ4n) is 1.92. The Balaban J connectivity index is 2.25. The molecule has 96 valence electrons. The zero-order valence-corrected chi connectivity index (χ0v) is 13.1. The van der Waals surface area contributed by atoms with Crippen molar-refractivity contribution < 1.29 is 0 Å². The third-order valence-corrected chi connectivity index (χ3v) is 5.04. The summed E-state index contributed by atoms with van der Waals surface area (Å²) in [7, 11) is 0. The second-order valence-electron chi connectivity index (χ2n) is 4.11. The van der Waals surface area contributed by atoms with Crippen LogP contribution in [0.5, 0.6) is 0 Å². The Kier molecular flexibility index (Phi) is 4.81. The van der Waals surface area contributed by atoms with Crippen LogP contribution >= 0.6 is 38.9 Å². The largest absolute Gasteiger partial charge is 0.271 e. The summed E-state index contributed by atoms with van der Waals surface area (Å²) < 4.78 is 1.11. The van der Waals surface area contributed by atoms with Gasteiger partial charge in [-0.05, 0) is 46.1 Å². The molecule has 0 fully saturated rings. The van der Waals surface area contributed by atoms with E-state index < -0.39 is 0 Å². The zero-order valence-electron chi connectivity index (χ0n) is 9.91. The lowest BCUT2D eigenvalue weighted by molar-refractivity contribution is 0.553. The van der Waals surface area contributed by atoms with Crippen molar-refractivity contribution >= 4 is 38.9 Å². The van der Waals surface area contributed by atoms with Crippen molar-refractivity contribution in [1.29, 1.82) is 0 Å². The van der Waals surface area contributed by atoms with E-state index in [0.717, 1.165) is 27.0 Å². The number of rotatable bonds is 4. The summed E-state index contributed by atoms with van der Waals surface area (Å²) in [5.74, 6) is 5.68. The number of hydrazine groups is 1. The van der Waals surface area contributed by atoms with Gasteiger partial charge in [0.1, 0.15) is 0 Å². The predicted molar refractivity (Wildman–Crippen MR) is 82.0 cm³/mol. The lowest BCUT2D eigenvalue weighted by Crippen LogP contribution is -2.30. The van der Waals surface area contributed by atoms with Gasteiger partial charge in [0.15, 0.2) is 0 Å². The van der Waals surface area contributed by atoms with E-state index in [1.807, 2.05) is 19.1 Å². The molecule has 0 amide bonds. The molecule has 0 saturated carbocycles. The van der Waals surface area contributed by atoms with E-state index in [9.17, 15) is 0 Å². The van der Waals surface area contributed by atoms with Gasteiger partial charge in [0.25, 0.3) is 0 Å². The highest BCUT2D eigenvalue weighted by Crippen LogP contribution is 2.29. The van der Waals surface area contributed by atoms with Gasteiger partial charge in [0.2, 0.25) is 0 Å². The van der Waals surface area contributed by atoms with Gasteiger partial charge < -0.3 is 0 Å². The summed E-state index contributed by atoms with van der Waals surface area (Å²) in [6.45, 7) is 2.02. The van der Waals surface area contributed by atoms with Crippen LogP contribution in [0.3, 0.4) is 0 Å². The average Bonchev–Trinajstić information content (AvgIpc) is 2.76. The van der Waals surface area contributed by atoms with Gasteiger partial charge in [-0.1, -0.05) is 23.7 Å². The molecule has 0 aliphatic rings. The molecule has 1 aromatic heterocycles. The Hall–Kier alpha value is -0.390. The Morgan fingerprint density at radius 2 is 2.28 bits per heavy atom. The maximum absolute atomic E-state index is 6.15. The molecule has 1 unspecified atom stereocenters. The maximum Gasteiger partial charge on any atom is 0.0511 e. The molecule has 18 heavy (non-hydrogen) atoms. The number of thiophene rings is 1. The number of nitrogens with one attached hydrogen (secondary N) is 1. The van der Waals surface area contributed by atoms with Gasteiger partial charge in [-0.3, -0.25) is 11.3 Å². The van der Waals surface area contributed by atoms with Crippen LogP contribution < -0.4 is 11.3 Å². The standard InChI is InChI=1S/C13H14BrClN2S/c1-8-11(3-2-4-12(8)15)13(17-16)6-10-5-9(14)7-18-10/h2-5,7,13,17H,6,16H2,1H3. The molecule has 1 atom stereocenters. The molecular formula is C13H14BrClN2S. The normalized spacial score (nSPS) is 12.7. The van der Waals surface area contributed by atoms with Crippen molar-refractivity contribution in [2.75, 3.05) is 0 Å². The van der Waals surface area contributed by atoms with Crippen molar-refractivity contribution in [3.63, 3.8) is 0 Å². The van der Waals surface area contributed by atoms with Gasteiger partial charge in [0, 0.05) is 26.2 Å². The number of hydrogen-bond acceptors (Lipinski definition) is 3. The molecule has 1 heterocycles. The van der Waals surface area contributed by atoms with Gasteiger partial charge in [-0.2, -0.15) is 0 Å². The summed E-state index contributed by atoms with van der Waals surface area (Å²) >= 11 is 11.3. The first-order valence-electron chi connectivity index (χ1n) is 5.56. The third-order valence-electron chi connectivity index (χ3n) is 2.91. The van der Waals surface area contributed by atoms with Crippen LogP contribution in [-0.4, -0.2) is 0 Å². The molecule has 2 rings (SSSR count).